The molecule has 0 amide bonds. The van der Waals surface area contributed by atoms with Gasteiger partial charge < -0.3 is 14.9 Å². The summed E-state index contributed by atoms with van der Waals surface area (Å²) in [6.45, 7) is 3.52. The molecule has 72 valence electrons. The van der Waals surface area contributed by atoms with E-state index in [9.17, 15) is 15.0 Å². The van der Waals surface area contributed by atoms with Crippen molar-refractivity contribution in [3.05, 3.63) is 23.8 Å². The molecule has 4 heteroatoms. The van der Waals surface area contributed by atoms with E-state index in [1.54, 1.807) is 0 Å². The van der Waals surface area contributed by atoms with Crippen LogP contribution in [-0.4, -0.2) is 35.5 Å². The Morgan fingerprint density at radius 2 is 2.31 bits per heavy atom. The van der Waals surface area contributed by atoms with Crippen molar-refractivity contribution < 1.29 is 19.7 Å². The van der Waals surface area contributed by atoms with Crippen LogP contribution in [0.3, 0.4) is 0 Å². The van der Waals surface area contributed by atoms with Crippen molar-refractivity contribution in [2.24, 2.45) is 0 Å². The molecule has 4 nitrogen and oxygen atoms in total. The molecule has 0 heterocycles. The molecule has 0 aromatic carbocycles. The van der Waals surface area contributed by atoms with Gasteiger partial charge in [0.25, 0.3) is 0 Å². The van der Waals surface area contributed by atoms with Crippen LogP contribution in [0.25, 0.3) is 0 Å². The van der Waals surface area contributed by atoms with Crippen molar-refractivity contribution in [3.8, 4) is 0 Å². The first kappa shape index (κ1) is 9.95. The third-order valence-corrected chi connectivity index (χ3v) is 1.98. The Kier molecular flexibility index (Phi) is 2.85. The molecule has 0 fully saturated rings. The predicted molar refractivity (Wildman–Crippen MR) is 45.9 cm³/mol. The minimum absolute atomic E-state index is 0.104. The molecular weight excluding hydrogens is 172 g/mol. The van der Waals surface area contributed by atoms with Gasteiger partial charge in [-0.25, -0.2) is 4.79 Å². The van der Waals surface area contributed by atoms with Crippen LogP contribution in [0, 0.1) is 0 Å². The summed E-state index contributed by atoms with van der Waals surface area (Å²) < 4.78 is 4.48. The topological polar surface area (TPSA) is 66.8 Å². The summed E-state index contributed by atoms with van der Waals surface area (Å²) >= 11 is 0. The molecule has 13 heavy (non-hydrogen) atoms. The van der Waals surface area contributed by atoms with Gasteiger partial charge in [-0.1, -0.05) is 6.58 Å². The largest absolute Gasteiger partial charge is 0.466 e. The fourth-order valence-electron chi connectivity index (χ4n) is 1.23. The lowest BCUT2D eigenvalue weighted by Gasteiger charge is -2.24. The molecule has 0 aromatic heterocycles. The van der Waals surface area contributed by atoms with E-state index < -0.39 is 18.2 Å². The SMILES string of the molecule is C=C1C=C(C(=O)OC)C[C@@H](O)[C@@H]1O. The molecule has 1 aliphatic rings. The maximum Gasteiger partial charge on any atom is 0.333 e. The Bertz CT molecular complexity index is 267. The van der Waals surface area contributed by atoms with E-state index in [2.05, 4.69) is 11.3 Å². The van der Waals surface area contributed by atoms with Gasteiger partial charge in [0.15, 0.2) is 0 Å². The van der Waals surface area contributed by atoms with E-state index in [1.807, 2.05) is 0 Å². The molecule has 0 aromatic rings. The number of esters is 1. The molecular formula is C9H12O4. The first-order valence-electron chi connectivity index (χ1n) is 3.90. The van der Waals surface area contributed by atoms with Gasteiger partial charge in [-0.05, 0) is 11.6 Å². The van der Waals surface area contributed by atoms with Crippen LogP contribution in [0.4, 0.5) is 0 Å². The summed E-state index contributed by atoms with van der Waals surface area (Å²) in [4.78, 5) is 11.0. The van der Waals surface area contributed by atoms with Crippen LogP contribution in [0.1, 0.15) is 6.42 Å². The predicted octanol–water partition coefficient (Wildman–Crippen LogP) is -0.233. The second kappa shape index (κ2) is 3.72. The second-order valence-corrected chi connectivity index (χ2v) is 2.95. The van der Waals surface area contributed by atoms with Crippen LogP contribution in [0.5, 0.6) is 0 Å². The van der Waals surface area contributed by atoms with Gasteiger partial charge in [-0.15, -0.1) is 0 Å². The van der Waals surface area contributed by atoms with Crippen LogP contribution in [0.2, 0.25) is 0 Å². The first-order valence-corrected chi connectivity index (χ1v) is 3.90. The monoisotopic (exact) mass is 184 g/mol. The number of methoxy groups -OCH3 is 1. The summed E-state index contributed by atoms with van der Waals surface area (Å²) in [5.41, 5.74) is 0.671. The lowest BCUT2D eigenvalue weighted by Crippen LogP contribution is -2.32. The van der Waals surface area contributed by atoms with E-state index in [-0.39, 0.29) is 6.42 Å². The highest BCUT2D eigenvalue weighted by atomic mass is 16.5. The Morgan fingerprint density at radius 1 is 1.69 bits per heavy atom. The molecule has 0 saturated heterocycles. The molecule has 1 rings (SSSR count). The number of aliphatic hydroxyl groups is 2. The van der Waals surface area contributed by atoms with Crippen molar-refractivity contribution in [2.75, 3.05) is 7.11 Å². The number of aliphatic hydroxyl groups excluding tert-OH is 2. The molecule has 1 aliphatic carbocycles. The van der Waals surface area contributed by atoms with Crippen LogP contribution >= 0.6 is 0 Å². The van der Waals surface area contributed by atoms with Gasteiger partial charge in [0.1, 0.15) is 6.10 Å². The average molecular weight is 184 g/mol. The molecule has 2 N–H and O–H groups in total. The molecule has 0 bridgehead atoms. The van der Waals surface area contributed by atoms with E-state index in [1.165, 1.54) is 13.2 Å². The number of hydrogen-bond acceptors (Lipinski definition) is 4. The van der Waals surface area contributed by atoms with Gasteiger partial charge >= 0.3 is 5.97 Å². The Morgan fingerprint density at radius 3 is 2.77 bits per heavy atom. The Hall–Kier alpha value is -1.13. The van der Waals surface area contributed by atoms with Gasteiger partial charge in [-0.3, -0.25) is 0 Å². The van der Waals surface area contributed by atoms with E-state index >= 15 is 0 Å². The number of ether oxygens (including phenoxy) is 1. The van der Waals surface area contributed by atoms with Gasteiger partial charge in [0.05, 0.1) is 13.2 Å². The van der Waals surface area contributed by atoms with Crippen molar-refractivity contribution in [3.63, 3.8) is 0 Å². The van der Waals surface area contributed by atoms with Gasteiger partial charge in [-0.2, -0.15) is 0 Å². The molecule has 0 aliphatic heterocycles. The summed E-state index contributed by atoms with van der Waals surface area (Å²) in [6, 6.07) is 0. The maximum atomic E-state index is 11.0. The second-order valence-electron chi connectivity index (χ2n) is 2.95. The minimum atomic E-state index is -0.978. The smallest absolute Gasteiger partial charge is 0.333 e. The fraction of sp³-hybridized carbons (Fsp3) is 0.444. The number of hydrogen-bond donors (Lipinski definition) is 2. The summed E-state index contributed by atoms with van der Waals surface area (Å²) in [6.07, 6.45) is -0.393. The highest BCUT2D eigenvalue weighted by Gasteiger charge is 2.27. The fourth-order valence-corrected chi connectivity index (χ4v) is 1.23. The van der Waals surface area contributed by atoms with E-state index in [4.69, 9.17) is 0 Å². The minimum Gasteiger partial charge on any atom is -0.466 e. The summed E-state index contributed by atoms with van der Waals surface area (Å²) in [5.74, 6) is -0.493. The van der Waals surface area contributed by atoms with Crippen molar-refractivity contribution in [2.45, 2.75) is 18.6 Å². The number of carbonyl (C=O) groups is 1. The highest BCUT2D eigenvalue weighted by Crippen LogP contribution is 2.22. The number of rotatable bonds is 1. The van der Waals surface area contributed by atoms with Crippen LogP contribution in [0.15, 0.2) is 23.8 Å². The van der Waals surface area contributed by atoms with Crippen molar-refractivity contribution in [1.29, 1.82) is 0 Å². The molecule has 0 saturated carbocycles. The molecule has 0 spiro atoms. The van der Waals surface area contributed by atoms with Crippen LogP contribution in [-0.2, 0) is 9.53 Å². The third-order valence-electron chi connectivity index (χ3n) is 1.98. The summed E-state index contributed by atoms with van der Waals surface area (Å²) in [5, 5.41) is 18.6. The zero-order valence-electron chi connectivity index (χ0n) is 7.36. The molecule has 0 unspecified atom stereocenters. The lowest BCUT2D eigenvalue weighted by molar-refractivity contribution is -0.136. The number of carbonyl (C=O) groups excluding carboxylic acids is 1. The van der Waals surface area contributed by atoms with Gasteiger partial charge in [0, 0.05) is 12.0 Å². The quantitative estimate of drug-likeness (QED) is 0.552. The third kappa shape index (κ3) is 1.96. The van der Waals surface area contributed by atoms with Crippen molar-refractivity contribution in [1.82, 2.24) is 0 Å². The van der Waals surface area contributed by atoms with Crippen LogP contribution < -0.4 is 0 Å². The maximum absolute atomic E-state index is 11.0. The van der Waals surface area contributed by atoms with E-state index in [0.29, 0.717) is 11.1 Å². The summed E-state index contributed by atoms with van der Waals surface area (Å²) in [7, 11) is 1.27. The van der Waals surface area contributed by atoms with Gasteiger partial charge in [0.2, 0.25) is 0 Å². The molecule has 0 radical (unpaired) electrons. The standard InChI is InChI=1S/C9H12O4/c1-5-3-6(9(12)13-2)4-7(10)8(5)11/h3,7-8,10-11H,1,4H2,2H3/t7-,8-/m1/s1. The molecule has 2 atom stereocenters. The Labute approximate surface area is 76.1 Å². The normalized spacial score (nSPS) is 28.2. The highest BCUT2D eigenvalue weighted by molar-refractivity contribution is 5.89. The van der Waals surface area contributed by atoms with E-state index in [0.717, 1.165) is 0 Å². The average Bonchev–Trinajstić information content (AvgIpc) is 2.12. The van der Waals surface area contributed by atoms with Crippen molar-refractivity contribution >= 4 is 5.97 Å². The lowest BCUT2D eigenvalue weighted by atomic mass is 9.91. The zero-order chi connectivity index (χ0) is 10.0. The zero-order valence-corrected chi connectivity index (χ0v) is 7.36. The Balaban J connectivity index is 2.85. The first-order chi connectivity index (χ1) is 6.06.